The Bertz CT molecular complexity index is 283. The Morgan fingerprint density at radius 2 is 1.85 bits per heavy atom. The molecule has 0 spiro atoms. The first-order valence-electron chi connectivity index (χ1n) is 3.43. The van der Waals surface area contributed by atoms with Crippen molar-refractivity contribution in [1.29, 1.82) is 0 Å². The highest BCUT2D eigenvalue weighted by Gasteiger charge is 2.16. The molecule has 0 saturated heterocycles. The van der Waals surface area contributed by atoms with E-state index in [9.17, 15) is 5.11 Å². The number of hydrogen-bond donors (Lipinski definition) is 1. The second-order valence-electron chi connectivity index (χ2n) is 2.48. The van der Waals surface area contributed by atoms with Gasteiger partial charge in [-0.05, 0) is 23.8 Å². The summed E-state index contributed by atoms with van der Waals surface area (Å²) < 4.78 is 0.781. The van der Waals surface area contributed by atoms with Gasteiger partial charge in [0.05, 0.1) is 0 Å². The van der Waals surface area contributed by atoms with Crippen LogP contribution in [0, 0.1) is 0 Å². The molecule has 13 heavy (non-hydrogen) atoms. The number of halogens is 4. The first-order valence-corrected chi connectivity index (χ1v) is 5.47. The Labute approximate surface area is 99.7 Å². The van der Waals surface area contributed by atoms with E-state index in [0.717, 1.165) is 4.47 Å². The molecule has 0 heterocycles. The van der Waals surface area contributed by atoms with Crippen molar-refractivity contribution in [3.05, 3.63) is 33.3 Å². The average molecular weight is 304 g/mol. The van der Waals surface area contributed by atoms with Crippen molar-refractivity contribution >= 4 is 50.7 Å². The minimum atomic E-state index is -0.918. The summed E-state index contributed by atoms with van der Waals surface area (Å²) in [6.45, 7) is 0. The topological polar surface area (TPSA) is 20.2 Å². The van der Waals surface area contributed by atoms with Gasteiger partial charge in [-0.15, -0.1) is 23.2 Å². The van der Waals surface area contributed by atoms with Crippen molar-refractivity contribution in [2.75, 3.05) is 0 Å². The third-order valence-electron chi connectivity index (χ3n) is 1.47. The van der Waals surface area contributed by atoms with E-state index in [1.54, 1.807) is 18.2 Å². The molecule has 0 aliphatic carbocycles. The lowest BCUT2D eigenvalue weighted by Gasteiger charge is -2.12. The third-order valence-corrected chi connectivity index (χ3v) is 2.62. The zero-order valence-electron chi connectivity index (χ0n) is 6.35. The predicted octanol–water partition coefficient (Wildman–Crippen LogP) is 3.94. The second-order valence-corrected chi connectivity index (χ2v) is 5.00. The van der Waals surface area contributed by atoms with Crippen LogP contribution in [0.25, 0.3) is 0 Å². The molecule has 1 aromatic rings. The molecule has 0 radical (unpaired) electrons. The number of hydrogen-bond acceptors (Lipinski definition) is 1. The molecule has 0 aromatic heterocycles. The van der Waals surface area contributed by atoms with Crippen molar-refractivity contribution in [2.45, 2.75) is 10.9 Å². The first kappa shape index (κ1) is 11.6. The fourth-order valence-electron chi connectivity index (χ4n) is 0.891. The third kappa shape index (κ3) is 3.30. The normalized spacial score (nSPS) is 13.4. The fraction of sp³-hybridized carbons (Fsp3) is 0.250. The van der Waals surface area contributed by atoms with Crippen LogP contribution >= 0.6 is 50.7 Å². The largest absolute Gasteiger partial charge is 0.386 e. The monoisotopic (exact) mass is 302 g/mol. The maximum atomic E-state index is 9.50. The molecule has 0 fully saturated rings. The molecular weight excluding hydrogens is 298 g/mol. The van der Waals surface area contributed by atoms with Gasteiger partial charge < -0.3 is 5.11 Å². The molecular formula is C8H6BrCl3O. The Morgan fingerprint density at radius 3 is 2.31 bits per heavy atom. The van der Waals surface area contributed by atoms with Gasteiger partial charge in [0.15, 0.2) is 0 Å². The van der Waals surface area contributed by atoms with Crippen LogP contribution in [0.2, 0.25) is 5.02 Å². The van der Waals surface area contributed by atoms with E-state index in [-0.39, 0.29) is 0 Å². The van der Waals surface area contributed by atoms with E-state index < -0.39 is 10.9 Å². The summed E-state index contributed by atoms with van der Waals surface area (Å²) in [5.41, 5.74) is 0.592. The summed E-state index contributed by atoms with van der Waals surface area (Å²) >= 11 is 20.1. The van der Waals surface area contributed by atoms with Gasteiger partial charge in [0.25, 0.3) is 0 Å². The van der Waals surface area contributed by atoms with Crippen LogP contribution in [0.15, 0.2) is 22.7 Å². The van der Waals surface area contributed by atoms with E-state index in [4.69, 9.17) is 34.8 Å². The van der Waals surface area contributed by atoms with Crippen LogP contribution in [0.1, 0.15) is 11.7 Å². The summed E-state index contributed by atoms with van der Waals surface area (Å²) in [4.78, 5) is -0.856. The molecule has 0 saturated carbocycles. The number of aliphatic hydroxyl groups is 1. The highest BCUT2D eigenvalue weighted by molar-refractivity contribution is 9.10. The van der Waals surface area contributed by atoms with Crippen molar-refractivity contribution < 1.29 is 5.11 Å². The molecule has 1 nitrogen and oxygen atoms in total. The van der Waals surface area contributed by atoms with Crippen LogP contribution in [0.5, 0.6) is 0 Å². The highest BCUT2D eigenvalue weighted by atomic mass is 79.9. The van der Waals surface area contributed by atoms with E-state index in [1.807, 2.05) is 0 Å². The van der Waals surface area contributed by atoms with Gasteiger partial charge in [0, 0.05) is 9.50 Å². The SMILES string of the molecule is OC(c1cc(Cl)cc(Br)c1)C(Cl)Cl. The average Bonchev–Trinajstić information content (AvgIpc) is 2.01. The lowest BCUT2D eigenvalue weighted by Crippen LogP contribution is -2.05. The molecule has 0 amide bonds. The summed E-state index contributed by atoms with van der Waals surface area (Å²) in [5.74, 6) is 0. The Hall–Kier alpha value is 0.530. The smallest absolute Gasteiger partial charge is 0.137 e. The number of aliphatic hydroxyl groups excluding tert-OH is 1. The zero-order valence-corrected chi connectivity index (χ0v) is 10.2. The first-order chi connectivity index (χ1) is 6.00. The molecule has 5 heteroatoms. The van der Waals surface area contributed by atoms with Crippen LogP contribution < -0.4 is 0 Å². The Morgan fingerprint density at radius 1 is 1.23 bits per heavy atom. The van der Waals surface area contributed by atoms with E-state index in [0.29, 0.717) is 10.6 Å². The van der Waals surface area contributed by atoms with Crippen molar-refractivity contribution in [3.63, 3.8) is 0 Å². The van der Waals surface area contributed by atoms with Gasteiger partial charge in [-0.25, -0.2) is 0 Å². The van der Waals surface area contributed by atoms with Gasteiger partial charge in [-0.3, -0.25) is 0 Å². The molecule has 1 rings (SSSR count). The van der Waals surface area contributed by atoms with E-state index in [2.05, 4.69) is 15.9 Å². The summed E-state index contributed by atoms with van der Waals surface area (Å²) in [5, 5.41) is 10.0. The highest BCUT2D eigenvalue weighted by Crippen LogP contribution is 2.28. The summed E-state index contributed by atoms with van der Waals surface area (Å²) in [7, 11) is 0. The quantitative estimate of drug-likeness (QED) is 0.821. The van der Waals surface area contributed by atoms with Crippen LogP contribution in [-0.2, 0) is 0 Å². The minimum absolute atomic E-state index is 0.525. The minimum Gasteiger partial charge on any atom is -0.386 e. The molecule has 1 N–H and O–H groups in total. The molecule has 1 aromatic carbocycles. The molecule has 0 aliphatic rings. The Balaban J connectivity index is 3.01. The molecule has 1 atom stereocenters. The molecule has 0 bridgehead atoms. The van der Waals surface area contributed by atoms with Crippen molar-refractivity contribution in [2.24, 2.45) is 0 Å². The molecule has 72 valence electrons. The summed E-state index contributed by atoms with van der Waals surface area (Å²) in [6.07, 6.45) is -0.918. The van der Waals surface area contributed by atoms with E-state index in [1.165, 1.54) is 0 Å². The van der Waals surface area contributed by atoms with E-state index >= 15 is 0 Å². The second kappa shape index (κ2) is 4.85. The predicted molar refractivity (Wildman–Crippen MR) is 59.6 cm³/mol. The number of rotatable bonds is 2. The number of benzene rings is 1. The van der Waals surface area contributed by atoms with Crippen molar-refractivity contribution in [1.82, 2.24) is 0 Å². The molecule has 0 aliphatic heterocycles. The summed E-state index contributed by atoms with van der Waals surface area (Å²) in [6, 6.07) is 5.05. The van der Waals surface area contributed by atoms with Crippen molar-refractivity contribution in [3.8, 4) is 0 Å². The zero-order chi connectivity index (χ0) is 10.0. The lowest BCUT2D eigenvalue weighted by molar-refractivity contribution is 0.193. The van der Waals surface area contributed by atoms with Crippen LogP contribution in [0.3, 0.4) is 0 Å². The fourth-order valence-corrected chi connectivity index (χ4v) is 2.07. The van der Waals surface area contributed by atoms with Gasteiger partial charge in [0.1, 0.15) is 10.9 Å². The van der Waals surface area contributed by atoms with Gasteiger partial charge in [-0.2, -0.15) is 0 Å². The molecule has 1 unspecified atom stereocenters. The Kier molecular flexibility index (Phi) is 4.33. The number of alkyl halides is 2. The van der Waals surface area contributed by atoms with Gasteiger partial charge in [-0.1, -0.05) is 27.5 Å². The van der Waals surface area contributed by atoms with Crippen LogP contribution in [0.4, 0.5) is 0 Å². The standard InChI is InChI=1S/C8H6BrCl3O/c9-5-1-4(2-6(10)3-5)7(13)8(11)12/h1-3,7-8,13H. The van der Waals surface area contributed by atoms with Gasteiger partial charge in [0.2, 0.25) is 0 Å². The lowest BCUT2D eigenvalue weighted by atomic mass is 10.1. The van der Waals surface area contributed by atoms with Crippen LogP contribution in [-0.4, -0.2) is 9.94 Å². The maximum Gasteiger partial charge on any atom is 0.137 e. The maximum absolute atomic E-state index is 9.50. The van der Waals surface area contributed by atoms with Gasteiger partial charge >= 0.3 is 0 Å².